The van der Waals surface area contributed by atoms with Crippen molar-refractivity contribution in [2.75, 3.05) is 11.9 Å². The summed E-state index contributed by atoms with van der Waals surface area (Å²) in [5, 5.41) is 7.22. The summed E-state index contributed by atoms with van der Waals surface area (Å²) >= 11 is 0. The molecule has 0 aromatic carbocycles. The molecule has 8 heteroatoms. The highest BCUT2D eigenvalue weighted by Gasteiger charge is 2.33. The van der Waals surface area contributed by atoms with Gasteiger partial charge in [0.05, 0.1) is 12.6 Å². The Hall–Kier alpha value is -2.35. The first-order valence-corrected chi connectivity index (χ1v) is 8.26. The van der Waals surface area contributed by atoms with Gasteiger partial charge in [0.1, 0.15) is 11.6 Å². The van der Waals surface area contributed by atoms with Crippen molar-refractivity contribution in [3.05, 3.63) is 30.1 Å². The Morgan fingerprint density at radius 3 is 2.79 bits per heavy atom. The van der Waals surface area contributed by atoms with Gasteiger partial charge in [0.25, 0.3) is 0 Å². The van der Waals surface area contributed by atoms with Crippen LogP contribution < -0.4 is 5.32 Å². The van der Waals surface area contributed by atoms with Crippen LogP contribution in [0.1, 0.15) is 31.4 Å². The Morgan fingerprint density at radius 1 is 1.38 bits per heavy atom. The second-order valence-electron chi connectivity index (χ2n) is 6.16. The normalized spacial score (nSPS) is 19.4. The predicted molar refractivity (Wildman–Crippen MR) is 89.3 cm³/mol. The van der Waals surface area contributed by atoms with Crippen LogP contribution in [-0.2, 0) is 11.3 Å². The van der Waals surface area contributed by atoms with Crippen molar-refractivity contribution in [3.63, 3.8) is 0 Å². The quantitative estimate of drug-likeness (QED) is 0.886. The standard InChI is InChI=1S/C16H23N7O/c1-11(15(24)20-16-17-7-5-8-18-16)22-9-4-6-14(22)10-23-13(3)19-12(2)21-23/h5,7-8,11,14H,4,6,9-10H2,1-3H3,(H,17,18,20,24)/t11-,14+/m1/s1. The van der Waals surface area contributed by atoms with Gasteiger partial charge in [-0.1, -0.05) is 0 Å². The lowest BCUT2D eigenvalue weighted by atomic mass is 10.2. The fraction of sp³-hybridized carbons (Fsp3) is 0.562. The molecule has 2 aromatic rings. The molecule has 1 aliphatic heterocycles. The van der Waals surface area contributed by atoms with E-state index in [4.69, 9.17) is 0 Å². The highest BCUT2D eigenvalue weighted by molar-refractivity contribution is 5.93. The van der Waals surface area contributed by atoms with E-state index in [-0.39, 0.29) is 18.0 Å². The van der Waals surface area contributed by atoms with Crippen molar-refractivity contribution in [2.24, 2.45) is 0 Å². The van der Waals surface area contributed by atoms with Gasteiger partial charge in [0.15, 0.2) is 0 Å². The van der Waals surface area contributed by atoms with Gasteiger partial charge in [-0.2, -0.15) is 5.10 Å². The monoisotopic (exact) mass is 329 g/mol. The van der Waals surface area contributed by atoms with Gasteiger partial charge in [-0.15, -0.1) is 0 Å². The van der Waals surface area contributed by atoms with Crippen molar-refractivity contribution in [1.29, 1.82) is 0 Å². The highest BCUT2D eigenvalue weighted by Crippen LogP contribution is 2.22. The summed E-state index contributed by atoms with van der Waals surface area (Å²) in [6.07, 6.45) is 5.36. The number of hydrogen-bond acceptors (Lipinski definition) is 6. The minimum Gasteiger partial charge on any atom is -0.293 e. The average Bonchev–Trinajstić information content (AvgIpc) is 3.14. The first-order chi connectivity index (χ1) is 11.5. The van der Waals surface area contributed by atoms with E-state index in [0.717, 1.165) is 37.6 Å². The lowest BCUT2D eigenvalue weighted by Crippen LogP contribution is -2.46. The molecule has 2 atom stereocenters. The Labute approximate surface area is 141 Å². The molecule has 1 aliphatic rings. The van der Waals surface area contributed by atoms with Crippen LogP contribution in [0, 0.1) is 13.8 Å². The van der Waals surface area contributed by atoms with Crippen molar-refractivity contribution in [1.82, 2.24) is 29.6 Å². The molecular weight excluding hydrogens is 306 g/mol. The second kappa shape index (κ2) is 7.04. The van der Waals surface area contributed by atoms with Gasteiger partial charge in [0.2, 0.25) is 11.9 Å². The summed E-state index contributed by atoms with van der Waals surface area (Å²) < 4.78 is 1.93. The third-order valence-electron chi connectivity index (χ3n) is 4.45. The second-order valence-corrected chi connectivity index (χ2v) is 6.16. The summed E-state index contributed by atoms with van der Waals surface area (Å²) in [7, 11) is 0. The van der Waals surface area contributed by atoms with E-state index in [0.29, 0.717) is 5.95 Å². The van der Waals surface area contributed by atoms with Crippen LogP contribution in [0.4, 0.5) is 5.95 Å². The largest absolute Gasteiger partial charge is 0.293 e. The number of amides is 1. The summed E-state index contributed by atoms with van der Waals surface area (Å²) in [6.45, 7) is 7.44. The zero-order valence-electron chi connectivity index (χ0n) is 14.3. The van der Waals surface area contributed by atoms with E-state index >= 15 is 0 Å². The van der Waals surface area contributed by atoms with Crippen LogP contribution in [0.2, 0.25) is 0 Å². The number of aromatic nitrogens is 5. The maximum atomic E-state index is 12.5. The van der Waals surface area contributed by atoms with Crippen LogP contribution in [0.5, 0.6) is 0 Å². The lowest BCUT2D eigenvalue weighted by Gasteiger charge is -2.29. The summed E-state index contributed by atoms with van der Waals surface area (Å²) in [5.74, 6) is 1.95. The number of anilines is 1. The third kappa shape index (κ3) is 3.59. The molecule has 3 rings (SSSR count). The summed E-state index contributed by atoms with van der Waals surface area (Å²) in [4.78, 5) is 27.2. The van der Waals surface area contributed by atoms with E-state index in [1.807, 2.05) is 25.5 Å². The lowest BCUT2D eigenvalue weighted by molar-refractivity contribution is -0.121. The number of carbonyl (C=O) groups is 1. The fourth-order valence-electron chi connectivity index (χ4n) is 3.23. The summed E-state index contributed by atoms with van der Waals surface area (Å²) in [5.41, 5.74) is 0. The molecule has 2 aromatic heterocycles. The molecule has 1 saturated heterocycles. The van der Waals surface area contributed by atoms with E-state index in [1.165, 1.54) is 0 Å². The number of hydrogen-bond donors (Lipinski definition) is 1. The molecule has 0 saturated carbocycles. The highest BCUT2D eigenvalue weighted by atomic mass is 16.2. The molecule has 0 aliphatic carbocycles. The Balaban J connectivity index is 1.65. The van der Waals surface area contributed by atoms with Gasteiger partial charge >= 0.3 is 0 Å². The van der Waals surface area contributed by atoms with Crippen LogP contribution in [0.15, 0.2) is 18.5 Å². The maximum absolute atomic E-state index is 12.5. The van der Waals surface area contributed by atoms with Gasteiger partial charge in [-0.25, -0.2) is 19.6 Å². The van der Waals surface area contributed by atoms with Crippen molar-refractivity contribution in [3.8, 4) is 0 Å². The third-order valence-corrected chi connectivity index (χ3v) is 4.45. The number of carbonyl (C=O) groups excluding carboxylic acids is 1. The molecule has 1 N–H and O–H groups in total. The molecule has 1 amide bonds. The molecule has 0 unspecified atom stereocenters. The van der Waals surface area contributed by atoms with Crippen LogP contribution in [0.3, 0.4) is 0 Å². The maximum Gasteiger partial charge on any atom is 0.243 e. The number of rotatable bonds is 5. The molecule has 0 bridgehead atoms. The Kier molecular flexibility index (Phi) is 4.84. The van der Waals surface area contributed by atoms with Gasteiger partial charge in [-0.3, -0.25) is 15.0 Å². The molecule has 24 heavy (non-hydrogen) atoms. The van der Waals surface area contributed by atoms with Crippen LogP contribution >= 0.6 is 0 Å². The number of nitrogens with one attached hydrogen (secondary N) is 1. The van der Waals surface area contributed by atoms with Crippen molar-refractivity contribution in [2.45, 2.75) is 52.2 Å². The molecule has 0 spiro atoms. The first kappa shape index (κ1) is 16.5. The first-order valence-electron chi connectivity index (χ1n) is 8.26. The zero-order chi connectivity index (χ0) is 17.1. The number of aryl methyl sites for hydroxylation is 2. The van der Waals surface area contributed by atoms with Crippen molar-refractivity contribution < 1.29 is 4.79 Å². The predicted octanol–water partition coefficient (Wildman–Crippen LogP) is 1.18. The molecular formula is C16H23N7O. The van der Waals surface area contributed by atoms with Crippen molar-refractivity contribution >= 4 is 11.9 Å². The minimum absolute atomic E-state index is 0.0837. The zero-order valence-corrected chi connectivity index (χ0v) is 14.3. The smallest absolute Gasteiger partial charge is 0.243 e. The van der Waals surface area contributed by atoms with Gasteiger partial charge in [0, 0.05) is 18.4 Å². The van der Waals surface area contributed by atoms with E-state index < -0.39 is 0 Å². The fourth-order valence-corrected chi connectivity index (χ4v) is 3.23. The molecule has 1 fully saturated rings. The Morgan fingerprint density at radius 2 is 2.12 bits per heavy atom. The molecule has 8 nitrogen and oxygen atoms in total. The Bertz CT molecular complexity index is 700. The van der Waals surface area contributed by atoms with E-state index in [9.17, 15) is 4.79 Å². The molecule has 0 radical (unpaired) electrons. The topological polar surface area (TPSA) is 88.8 Å². The number of likely N-dealkylation sites (tertiary alicyclic amines) is 1. The molecule has 128 valence electrons. The number of nitrogens with zero attached hydrogens (tertiary/aromatic N) is 6. The van der Waals surface area contributed by atoms with Crippen LogP contribution in [-0.4, -0.2) is 54.2 Å². The van der Waals surface area contributed by atoms with E-state index in [2.05, 4.69) is 30.3 Å². The van der Waals surface area contributed by atoms with Crippen LogP contribution in [0.25, 0.3) is 0 Å². The summed E-state index contributed by atoms with van der Waals surface area (Å²) in [6, 6.07) is 1.76. The minimum atomic E-state index is -0.244. The average molecular weight is 329 g/mol. The van der Waals surface area contributed by atoms with Gasteiger partial charge < -0.3 is 0 Å². The molecule has 3 heterocycles. The SMILES string of the molecule is Cc1nc(C)n(C[C@@H]2CCCN2[C@H](C)C(=O)Nc2ncccn2)n1. The van der Waals surface area contributed by atoms with Gasteiger partial charge in [-0.05, 0) is 46.2 Å². The van der Waals surface area contributed by atoms with E-state index in [1.54, 1.807) is 18.5 Å².